The van der Waals surface area contributed by atoms with Crippen LogP contribution in [0.2, 0.25) is 0 Å². The van der Waals surface area contributed by atoms with Crippen LogP contribution in [-0.2, 0) is 4.79 Å². The van der Waals surface area contributed by atoms with E-state index in [0.29, 0.717) is 5.69 Å². The number of aromatic nitrogens is 2. The summed E-state index contributed by atoms with van der Waals surface area (Å²) in [5, 5.41) is 26.3. The summed E-state index contributed by atoms with van der Waals surface area (Å²) in [4.78, 5) is 33.5. The number of hydrogen-bond acceptors (Lipinski definition) is 5. The van der Waals surface area contributed by atoms with Crippen LogP contribution in [0.15, 0.2) is 36.5 Å². The minimum absolute atomic E-state index is 0.0217. The minimum Gasteiger partial charge on any atom is -0.480 e. The number of rotatable bonds is 6. The van der Waals surface area contributed by atoms with Crippen molar-refractivity contribution in [3.8, 4) is 5.69 Å². The SMILES string of the molecule is CC(C)[C@H](NC(=O)c1ccn(-c2cccc([N+](=O)[O-])c2)n1)C(=O)O. The number of benzene rings is 1. The molecule has 0 saturated heterocycles. The molecule has 1 heterocycles. The highest BCUT2D eigenvalue weighted by Gasteiger charge is 2.25. The van der Waals surface area contributed by atoms with Gasteiger partial charge in [-0.15, -0.1) is 0 Å². The van der Waals surface area contributed by atoms with Crippen molar-refractivity contribution in [2.75, 3.05) is 0 Å². The zero-order valence-corrected chi connectivity index (χ0v) is 13.0. The van der Waals surface area contributed by atoms with E-state index in [9.17, 15) is 19.7 Å². The van der Waals surface area contributed by atoms with Crippen LogP contribution in [0.5, 0.6) is 0 Å². The molecule has 1 aromatic heterocycles. The minimum atomic E-state index is -1.13. The number of carboxylic acids is 1. The number of nitrogens with one attached hydrogen (secondary N) is 1. The van der Waals surface area contributed by atoms with Gasteiger partial charge in [0.15, 0.2) is 5.69 Å². The second kappa shape index (κ2) is 6.90. The smallest absolute Gasteiger partial charge is 0.326 e. The fourth-order valence-corrected chi connectivity index (χ4v) is 2.07. The molecule has 0 bridgehead atoms. The van der Waals surface area contributed by atoms with Crippen molar-refractivity contribution in [3.63, 3.8) is 0 Å². The van der Waals surface area contributed by atoms with Gasteiger partial charge in [0.25, 0.3) is 11.6 Å². The first-order chi connectivity index (χ1) is 11.3. The highest BCUT2D eigenvalue weighted by Crippen LogP contribution is 2.16. The normalized spacial score (nSPS) is 12.0. The molecule has 2 rings (SSSR count). The summed E-state index contributed by atoms with van der Waals surface area (Å²) in [6.45, 7) is 3.36. The van der Waals surface area contributed by atoms with Gasteiger partial charge in [-0.25, -0.2) is 9.48 Å². The average molecular weight is 332 g/mol. The number of nitro benzene ring substituents is 1. The fourth-order valence-electron chi connectivity index (χ4n) is 2.07. The summed E-state index contributed by atoms with van der Waals surface area (Å²) in [5.41, 5.74) is 0.343. The van der Waals surface area contributed by atoms with E-state index in [0.717, 1.165) is 0 Å². The number of hydrogen-bond donors (Lipinski definition) is 2. The first-order valence-corrected chi connectivity index (χ1v) is 7.13. The lowest BCUT2D eigenvalue weighted by Crippen LogP contribution is -2.44. The largest absolute Gasteiger partial charge is 0.480 e. The van der Waals surface area contributed by atoms with Gasteiger partial charge in [0.2, 0.25) is 0 Å². The molecule has 2 aromatic rings. The third-order valence-corrected chi connectivity index (χ3v) is 3.35. The number of non-ortho nitro benzene ring substituents is 1. The van der Waals surface area contributed by atoms with Crippen molar-refractivity contribution in [2.24, 2.45) is 5.92 Å². The summed E-state index contributed by atoms with van der Waals surface area (Å²) in [6.07, 6.45) is 1.47. The Hall–Kier alpha value is -3.23. The van der Waals surface area contributed by atoms with Crippen molar-refractivity contribution in [3.05, 3.63) is 52.3 Å². The van der Waals surface area contributed by atoms with Gasteiger partial charge in [-0.05, 0) is 18.1 Å². The van der Waals surface area contributed by atoms with Gasteiger partial charge < -0.3 is 10.4 Å². The monoisotopic (exact) mass is 332 g/mol. The zero-order chi connectivity index (χ0) is 17.9. The molecule has 0 aliphatic rings. The fraction of sp³-hybridized carbons (Fsp3) is 0.267. The number of nitrogens with zero attached hydrogens (tertiary/aromatic N) is 3. The van der Waals surface area contributed by atoms with Crippen molar-refractivity contribution >= 4 is 17.6 Å². The van der Waals surface area contributed by atoms with E-state index in [1.54, 1.807) is 19.9 Å². The van der Waals surface area contributed by atoms with Gasteiger partial charge in [0, 0.05) is 18.3 Å². The molecule has 1 amide bonds. The zero-order valence-electron chi connectivity index (χ0n) is 13.0. The molecule has 0 saturated carbocycles. The summed E-state index contributed by atoms with van der Waals surface area (Å²) in [5.74, 6) is -2.04. The van der Waals surface area contributed by atoms with Gasteiger partial charge in [0.05, 0.1) is 10.6 Å². The highest BCUT2D eigenvalue weighted by molar-refractivity contribution is 5.95. The molecule has 9 heteroatoms. The number of nitro groups is 1. The van der Waals surface area contributed by atoms with E-state index in [1.165, 1.54) is 35.1 Å². The maximum atomic E-state index is 12.1. The van der Waals surface area contributed by atoms with Crippen LogP contribution in [0.1, 0.15) is 24.3 Å². The summed E-state index contributed by atoms with van der Waals surface area (Å²) in [6, 6.07) is 6.17. The van der Waals surface area contributed by atoms with Gasteiger partial charge in [-0.3, -0.25) is 14.9 Å². The van der Waals surface area contributed by atoms with E-state index in [1.807, 2.05) is 0 Å². The molecule has 1 atom stereocenters. The van der Waals surface area contributed by atoms with Crippen molar-refractivity contribution in [1.82, 2.24) is 15.1 Å². The Bertz CT molecular complexity index is 784. The molecule has 126 valence electrons. The van der Waals surface area contributed by atoms with Crippen molar-refractivity contribution in [1.29, 1.82) is 0 Å². The molecule has 0 fully saturated rings. The Morgan fingerprint density at radius 2 is 2.04 bits per heavy atom. The van der Waals surface area contributed by atoms with E-state index in [-0.39, 0.29) is 17.3 Å². The van der Waals surface area contributed by atoms with Crippen LogP contribution in [0.4, 0.5) is 5.69 Å². The van der Waals surface area contributed by atoms with E-state index in [2.05, 4.69) is 10.4 Å². The summed E-state index contributed by atoms with van der Waals surface area (Å²) in [7, 11) is 0. The standard InChI is InChI=1S/C15H16N4O5/c1-9(2)13(15(21)22)16-14(20)12-6-7-18(17-12)10-4-3-5-11(8-10)19(23)24/h3-9,13H,1-2H3,(H,16,20)(H,21,22)/t13-/m0/s1. The predicted octanol–water partition coefficient (Wildman–Crippen LogP) is 1.62. The highest BCUT2D eigenvalue weighted by atomic mass is 16.6. The van der Waals surface area contributed by atoms with E-state index < -0.39 is 22.8 Å². The Morgan fingerprint density at radius 3 is 2.62 bits per heavy atom. The third kappa shape index (κ3) is 3.75. The topological polar surface area (TPSA) is 127 Å². The van der Waals surface area contributed by atoms with Gasteiger partial charge in [-0.2, -0.15) is 5.10 Å². The number of amides is 1. The van der Waals surface area contributed by atoms with Crippen LogP contribution >= 0.6 is 0 Å². The molecule has 0 unspecified atom stereocenters. The lowest BCUT2D eigenvalue weighted by Gasteiger charge is -2.16. The third-order valence-electron chi connectivity index (χ3n) is 3.35. The van der Waals surface area contributed by atoms with Gasteiger partial charge in [0.1, 0.15) is 6.04 Å². The molecule has 1 aromatic carbocycles. The maximum Gasteiger partial charge on any atom is 0.326 e. The summed E-state index contributed by atoms with van der Waals surface area (Å²) >= 11 is 0. The number of carboxylic acid groups (broad SMARTS) is 1. The molecule has 9 nitrogen and oxygen atoms in total. The molecular weight excluding hydrogens is 316 g/mol. The van der Waals surface area contributed by atoms with Crippen LogP contribution < -0.4 is 5.32 Å². The van der Waals surface area contributed by atoms with Gasteiger partial charge >= 0.3 is 5.97 Å². The Labute approximate surface area is 137 Å². The quantitative estimate of drug-likeness (QED) is 0.611. The molecule has 0 aliphatic heterocycles. The number of aliphatic carboxylic acids is 1. The average Bonchev–Trinajstić information content (AvgIpc) is 3.02. The van der Waals surface area contributed by atoms with Crippen LogP contribution in [0.3, 0.4) is 0 Å². The molecule has 0 spiro atoms. The molecule has 0 radical (unpaired) electrons. The van der Waals surface area contributed by atoms with Gasteiger partial charge in [-0.1, -0.05) is 19.9 Å². The Balaban J connectivity index is 2.21. The second-order valence-electron chi connectivity index (χ2n) is 5.46. The molecule has 2 N–H and O–H groups in total. The Kier molecular flexibility index (Phi) is 4.93. The van der Waals surface area contributed by atoms with E-state index in [4.69, 9.17) is 5.11 Å². The summed E-state index contributed by atoms with van der Waals surface area (Å²) < 4.78 is 1.31. The van der Waals surface area contributed by atoms with Crippen LogP contribution in [-0.4, -0.2) is 37.7 Å². The number of carbonyl (C=O) groups excluding carboxylic acids is 1. The maximum absolute atomic E-state index is 12.1. The van der Waals surface area contributed by atoms with Crippen molar-refractivity contribution in [2.45, 2.75) is 19.9 Å². The first kappa shape index (κ1) is 17.1. The molecule has 0 aliphatic carbocycles. The van der Waals surface area contributed by atoms with Crippen LogP contribution in [0.25, 0.3) is 5.69 Å². The Morgan fingerprint density at radius 1 is 1.33 bits per heavy atom. The second-order valence-corrected chi connectivity index (χ2v) is 5.46. The first-order valence-electron chi connectivity index (χ1n) is 7.13. The van der Waals surface area contributed by atoms with Crippen LogP contribution in [0, 0.1) is 16.0 Å². The predicted molar refractivity (Wildman–Crippen MR) is 83.9 cm³/mol. The lowest BCUT2D eigenvalue weighted by molar-refractivity contribution is -0.384. The molecule has 24 heavy (non-hydrogen) atoms. The van der Waals surface area contributed by atoms with Crippen molar-refractivity contribution < 1.29 is 19.6 Å². The molecular formula is C15H16N4O5. The number of carbonyl (C=O) groups is 2. The van der Waals surface area contributed by atoms with E-state index >= 15 is 0 Å². The lowest BCUT2D eigenvalue weighted by atomic mass is 10.0.